The number of aromatic nitrogens is 1. The number of nitrogens with one attached hydrogen (secondary N) is 2. The maximum absolute atomic E-state index is 12.6. The smallest absolute Gasteiger partial charge is 0.259 e. The molecule has 8 heteroatoms. The van der Waals surface area contributed by atoms with Gasteiger partial charge in [-0.2, -0.15) is 0 Å². The molecule has 0 atom stereocenters. The average molecular weight is 434 g/mol. The van der Waals surface area contributed by atoms with Gasteiger partial charge in [-0.15, -0.1) is 0 Å². The van der Waals surface area contributed by atoms with Crippen molar-refractivity contribution in [2.45, 2.75) is 13.3 Å². The topological polar surface area (TPSA) is 80.3 Å². The molecule has 0 spiro atoms. The summed E-state index contributed by atoms with van der Waals surface area (Å²) in [5.74, 6) is 0.139. The highest BCUT2D eigenvalue weighted by molar-refractivity contribution is 9.10. The minimum atomic E-state index is -0.272. The van der Waals surface area contributed by atoms with Gasteiger partial charge in [-0.25, -0.2) is 4.98 Å². The number of amides is 2. The van der Waals surface area contributed by atoms with E-state index >= 15 is 0 Å². The zero-order valence-corrected chi connectivity index (χ0v) is 16.5. The molecule has 2 aromatic carbocycles. The zero-order valence-electron chi connectivity index (χ0n) is 14.1. The number of halogens is 1. The van der Waals surface area contributed by atoms with Crippen molar-refractivity contribution in [2.75, 3.05) is 17.7 Å². The molecule has 3 rings (SSSR count). The van der Waals surface area contributed by atoms with Gasteiger partial charge in [0.15, 0.2) is 5.13 Å². The van der Waals surface area contributed by atoms with Crippen molar-refractivity contribution in [3.05, 3.63) is 46.4 Å². The number of hydrogen-bond acceptors (Lipinski definition) is 5. The van der Waals surface area contributed by atoms with Crippen molar-refractivity contribution in [1.29, 1.82) is 0 Å². The third-order valence-corrected chi connectivity index (χ3v) is 5.05. The summed E-state index contributed by atoms with van der Waals surface area (Å²) in [6.45, 7) is 1.78. The molecule has 0 unspecified atom stereocenters. The van der Waals surface area contributed by atoms with E-state index in [-0.39, 0.29) is 11.8 Å². The van der Waals surface area contributed by atoms with Crippen LogP contribution in [0.15, 0.2) is 40.9 Å². The molecule has 0 saturated carbocycles. The lowest BCUT2D eigenvalue weighted by Crippen LogP contribution is -2.13. The van der Waals surface area contributed by atoms with E-state index in [1.165, 1.54) is 18.4 Å². The molecule has 0 radical (unpaired) electrons. The highest BCUT2D eigenvalue weighted by Gasteiger charge is 2.14. The summed E-state index contributed by atoms with van der Waals surface area (Å²) in [5.41, 5.74) is 1.84. The van der Waals surface area contributed by atoms with Gasteiger partial charge in [-0.05, 0) is 36.4 Å². The first-order chi connectivity index (χ1) is 12.5. The van der Waals surface area contributed by atoms with Crippen LogP contribution in [-0.4, -0.2) is 23.9 Å². The number of ether oxygens (including phenoxy) is 1. The standard InChI is InChI=1S/C18H16BrN3O3S/c1-3-16(23)22-18-21-13-6-5-11(9-15(13)26-18)20-17(24)12-8-10(19)4-7-14(12)25-2/h4-9H,3H2,1-2H3,(H,20,24)(H,21,22,23). The van der Waals surface area contributed by atoms with E-state index in [9.17, 15) is 9.59 Å². The minimum Gasteiger partial charge on any atom is -0.496 e. The normalized spacial score (nSPS) is 10.6. The van der Waals surface area contributed by atoms with Crippen LogP contribution in [0, 0.1) is 0 Å². The molecule has 0 aliphatic carbocycles. The Labute approximate surface area is 162 Å². The number of rotatable bonds is 5. The van der Waals surface area contributed by atoms with Gasteiger partial charge in [0.1, 0.15) is 5.75 Å². The average Bonchev–Trinajstić information content (AvgIpc) is 3.02. The first-order valence-electron chi connectivity index (χ1n) is 7.85. The Morgan fingerprint density at radius 3 is 2.73 bits per heavy atom. The van der Waals surface area contributed by atoms with Crippen LogP contribution in [0.4, 0.5) is 10.8 Å². The predicted octanol–water partition coefficient (Wildman–Crippen LogP) is 4.67. The number of carbonyl (C=O) groups excluding carboxylic acids is 2. The van der Waals surface area contributed by atoms with Gasteiger partial charge in [0, 0.05) is 16.6 Å². The van der Waals surface area contributed by atoms with Crippen LogP contribution >= 0.6 is 27.3 Å². The van der Waals surface area contributed by atoms with Gasteiger partial charge in [-0.1, -0.05) is 34.2 Å². The number of thiazole rings is 1. The van der Waals surface area contributed by atoms with Crippen LogP contribution in [0.25, 0.3) is 10.2 Å². The molecule has 0 fully saturated rings. The molecule has 2 amide bonds. The van der Waals surface area contributed by atoms with Crippen molar-refractivity contribution in [3.63, 3.8) is 0 Å². The number of fused-ring (bicyclic) bond motifs is 1. The second-order valence-corrected chi connectivity index (χ2v) is 7.35. The molecule has 0 aliphatic rings. The summed E-state index contributed by atoms with van der Waals surface area (Å²) in [6, 6.07) is 10.7. The van der Waals surface area contributed by atoms with Crippen LogP contribution in [-0.2, 0) is 4.79 Å². The number of anilines is 2. The van der Waals surface area contributed by atoms with E-state index in [0.717, 1.165) is 14.7 Å². The quantitative estimate of drug-likeness (QED) is 0.612. The molecule has 26 heavy (non-hydrogen) atoms. The van der Waals surface area contributed by atoms with Crippen LogP contribution in [0.5, 0.6) is 5.75 Å². The van der Waals surface area contributed by atoms with Crippen LogP contribution in [0.3, 0.4) is 0 Å². The van der Waals surface area contributed by atoms with E-state index < -0.39 is 0 Å². The molecular weight excluding hydrogens is 418 g/mol. The summed E-state index contributed by atoms with van der Waals surface area (Å²) in [7, 11) is 1.52. The molecule has 2 N–H and O–H groups in total. The molecule has 0 bridgehead atoms. The summed E-state index contributed by atoms with van der Waals surface area (Å²) in [5, 5.41) is 6.16. The Hall–Kier alpha value is -2.45. The summed E-state index contributed by atoms with van der Waals surface area (Å²) >= 11 is 4.72. The third-order valence-electron chi connectivity index (χ3n) is 3.62. The van der Waals surface area contributed by atoms with E-state index in [0.29, 0.717) is 28.6 Å². The summed E-state index contributed by atoms with van der Waals surface area (Å²) < 4.78 is 6.91. The monoisotopic (exact) mass is 433 g/mol. The lowest BCUT2D eigenvalue weighted by atomic mass is 10.2. The summed E-state index contributed by atoms with van der Waals surface area (Å²) in [6.07, 6.45) is 0.395. The number of benzene rings is 2. The fraction of sp³-hybridized carbons (Fsp3) is 0.167. The highest BCUT2D eigenvalue weighted by atomic mass is 79.9. The lowest BCUT2D eigenvalue weighted by molar-refractivity contribution is -0.115. The Morgan fingerprint density at radius 2 is 2.00 bits per heavy atom. The Kier molecular flexibility index (Phi) is 5.53. The fourth-order valence-corrected chi connectivity index (χ4v) is 3.60. The third kappa shape index (κ3) is 4.03. The van der Waals surface area contributed by atoms with Crippen molar-refractivity contribution in [3.8, 4) is 5.75 Å². The number of carbonyl (C=O) groups is 2. The minimum absolute atomic E-state index is 0.0840. The van der Waals surface area contributed by atoms with E-state index in [4.69, 9.17) is 4.74 Å². The molecule has 6 nitrogen and oxygen atoms in total. The molecule has 0 aliphatic heterocycles. The van der Waals surface area contributed by atoms with Gasteiger partial charge < -0.3 is 15.4 Å². The van der Waals surface area contributed by atoms with E-state index in [1.807, 2.05) is 12.1 Å². The number of methoxy groups -OCH3 is 1. The number of hydrogen-bond donors (Lipinski definition) is 2. The van der Waals surface area contributed by atoms with Gasteiger partial charge in [0.2, 0.25) is 5.91 Å². The van der Waals surface area contributed by atoms with Crippen molar-refractivity contribution in [2.24, 2.45) is 0 Å². The molecule has 134 valence electrons. The fourth-order valence-electron chi connectivity index (χ4n) is 2.32. The molecule has 1 aromatic heterocycles. The second kappa shape index (κ2) is 7.84. The van der Waals surface area contributed by atoms with Crippen LogP contribution in [0.1, 0.15) is 23.7 Å². The van der Waals surface area contributed by atoms with Gasteiger partial charge in [0.05, 0.1) is 22.9 Å². The van der Waals surface area contributed by atoms with Gasteiger partial charge in [0.25, 0.3) is 5.91 Å². The lowest BCUT2D eigenvalue weighted by Gasteiger charge is -2.09. The van der Waals surface area contributed by atoms with Crippen molar-refractivity contribution in [1.82, 2.24) is 4.98 Å². The molecule has 0 saturated heterocycles. The summed E-state index contributed by atoms with van der Waals surface area (Å²) in [4.78, 5) is 28.5. The highest BCUT2D eigenvalue weighted by Crippen LogP contribution is 2.29. The SMILES string of the molecule is CCC(=O)Nc1nc2ccc(NC(=O)c3cc(Br)ccc3OC)cc2s1. The van der Waals surface area contributed by atoms with Gasteiger partial charge >= 0.3 is 0 Å². The number of nitrogens with zero attached hydrogens (tertiary/aromatic N) is 1. The van der Waals surface area contributed by atoms with E-state index in [1.54, 1.807) is 31.2 Å². The van der Waals surface area contributed by atoms with E-state index in [2.05, 4.69) is 31.5 Å². The first-order valence-corrected chi connectivity index (χ1v) is 9.46. The van der Waals surface area contributed by atoms with Crippen molar-refractivity contribution < 1.29 is 14.3 Å². The molecule has 3 aromatic rings. The maximum Gasteiger partial charge on any atom is 0.259 e. The predicted molar refractivity (Wildman–Crippen MR) is 107 cm³/mol. The Morgan fingerprint density at radius 1 is 1.19 bits per heavy atom. The molecule has 1 heterocycles. The van der Waals surface area contributed by atoms with Crippen LogP contribution in [0.2, 0.25) is 0 Å². The second-order valence-electron chi connectivity index (χ2n) is 5.40. The Balaban J connectivity index is 1.83. The first kappa shape index (κ1) is 18.3. The Bertz CT molecular complexity index is 987. The van der Waals surface area contributed by atoms with Gasteiger partial charge in [-0.3, -0.25) is 9.59 Å². The zero-order chi connectivity index (χ0) is 18.7. The largest absolute Gasteiger partial charge is 0.496 e. The molecular formula is C18H16BrN3O3S. The van der Waals surface area contributed by atoms with Crippen molar-refractivity contribution >= 4 is 60.1 Å². The maximum atomic E-state index is 12.6. The van der Waals surface area contributed by atoms with Crippen LogP contribution < -0.4 is 15.4 Å².